The number of carboxylic acid groups (broad SMARTS) is 1. The third kappa shape index (κ3) is 3.16. The number of benzene rings is 1. The summed E-state index contributed by atoms with van der Waals surface area (Å²) in [5.74, 6) is -1.56. The van der Waals surface area contributed by atoms with Crippen molar-refractivity contribution < 1.29 is 27.5 Å². The van der Waals surface area contributed by atoms with Crippen molar-refractivity contribution in [3.63, 3.8) is 0 Å². The molecule has 0 spiro atoms. The first-order chi connectivity index (χ1) is 7.73. The van der Waals surface area contributed by atoms with Gasteiger partial charge in [0.15, 0.2) is 6.17 Å². The smallest absolute Gasteiger partial charge is 0.416 e. The van der Waals surface area contributed by atoms with Crippen molar-refractivity contribution in [1.82, 2.24) is 0 Å². The zero-order valence-electron chi connectivity index (χ0n) is 8.41. The lowest BCUT2D eigenvalue weighted by molar-refractivity contribution is -0.140. The number of hydrogen-bond acceptors (Lipinski definition) is 2. The molecule has 94 valence electrons. The zero-order valence-corrected chi connectivity index (χ0v) is 8.41. The Hall–Kier alpha value is -1.63. The maximum absolute atomic E-state index is 13.4. The molecule has 2 unspecified atom stereocenters. The minimum atomic E-state index is -4.51. The molecule has 1 rings (SSSR count). The standard InChI is InChI=1S/C10H9F4NO2/c11-7(8(15)9(16)17)5-1-3-6(4-2-5)10(12,13)14/h1-4,7-8H,15H2,(H,16,17). The van der Waals surface area contributed by atoms with Crippen LogP contribution in [0.25, 0.3) is 0 Å². The van der Waals surface area contributed by atoms with E-state index in [9.17, 15) is 22.4 Å². The molecule has 7 heteroatoms. The number of aliphatic carboxylic acids is 1. The Labute approximate surface area is 93.8 Å². The highest BCUT2D eigenvalue weighted by atomic mass is 19.4. The fraction of sp³-hybridized carbons (Fsp3) is 0.300. The van der Waals surface area contributed by atoms with Crippen molar-refractivity contribution >= 4 is 5.97 Å². The van der Waals surface area contributed by atoms with Crippen LogP contribution in [0.4, 0.5) is 17.6 Å². The summed E-state index contributed by atoms with van der Waals surface area (Å²) < 4.78 is 50.0. The summed E-state index contributed by atoms with van der Waals surface area (Å²) in [6, 6.07) is 1.30. The van der Waals surface area contributed by atoms with Gasteiger partial charge in [-0.15, -0.1) is 0 Å². The number of nitrogens with two attached hydrogens (primary N) is 1. The maximum atomic E-state index is 13.4. The quantitative estimate of drug-likeness (QED) is 0.809. The Bertz CT molecular complexity index is 402. The number of carbonyl (C=O) groups is 1. The van der Waals surface area contributed by atoms with Gasteiger partial charge in [-0.2, -0.15) is 13.2 Å². The molecule has 0 saturated carbocycles. The second-order valence-corrected chi connectivity index (χ2v) is 3.39. The second-order valence-electron chi connectivity index (χ2n) is 3.39. The van der Waals surface area contributed by atoms with Crippen LogP contribution >= 0.6 is 0 Å². The minimum absolute atomic E-state index is 0.201. The number of rotatable bonds is 3. The highest BCUT2D eigenvalue weighted by Gasteiger charge is 2.31. The summed E-state index contributed by atoms with van der Waals surface area (Å²) in [5, 5.41) is 8.45. The van der Waals surface area contributed by atoms with Crippen LogP contribution in [0.1, 0.15) is 17.3 Å². The number of alkyl halides is 4. The van der Waals surface area contributed by atoms with Gasteiger partial charge in [0.25, 0.3) is 0 Å². The topological polar surface area (TPSA) is 63.3 Å². The summed E-state index contributed by atoms with van der Waals surface area (Å²) in [6.07, 6.45) is -6.56. The van der Waals surface area contributed by atoms with Gasteiger partial charge in [-0.25, -0.2) is 4.39 Å². The average molecular weight is 251 g/mol. The lowest BCUT2D eigenvalue weighted by Gasteiger charge is -2.13. The van der Waals surface area contributed by atoms with E-state index >= 15 is 0 Å². The molecule has 0 aliphatic rings. The predicted octanol–water partition coefficient (Wildman–Crippen LogP) is 2.13. The molecule has 0 fully saturated rings. The number of carboxylic acids is 1. The summed E-state index contributed by atoms with van der Waals surface area (Å²) >= 11 is 0. The van der Waals surface area contributed by atoms with Crippen molar-refractivity contribution in [3.8, 4) is 0 Å². The SMILES string of the molecule is NC(C(=O)O)C(F)c1ccc(C(F)(F)F)cc1. The van der Waals surface area contributed by atoms with Crippen molar-refractivity contribution in [2.45, 2.75) is 18.4 Å². The van der Waals surface area contributed by atoms with E-state index in [-0.39, 0.29) is 5.56 Å². The van der Waals surface area contributed by atoms with Gasteiger partial charge < -0.3 is 10.8 Å². The fourth-order valence-corrected chi connectivity index (χ4v) is 1.19. The minimum Gasteiger partial charge on any atom is -0.480 e. The van der Waals surface area contributed by atoms with Crippen LogP contribution in [0.5, 0.6) is 0 Å². The summed E-state index contributed by atoms with van der Waals surface area (Å²) in [6.45, 7) is 0. The van der Waals surface area contributed by atoms with E-state index in [1.165, 1.54) is 0 Å². The van der Waals surface area contributed by atoms with Crippen LogP contribution in [0.15, 0.2) is 24.3 Å². The van der Waals surface area contributed by atoms with Gasteiger partial charge in [-0.3, -0.25) is 4.79 Å². The molecular weight excluding hydrogens is 242 g/mol. The first kappa shape index (κ1) is 13.4. The maximum Gasteiger partial charge on any atom is 0.416 e. The highest BCUT2D eigenvalue weighted by Crippen LogP contribution is 2.30. The van der Waals surface area contributed by atoms with Crippen LogP contribution in [0.2, 0.25) is 0 Å². The van der Waals surface area contributed by atoms with Crippen LogP contribution in [-0.2, 0) is 11.0 Å². The Morgan fingerprint density at radius 3 is 2.06 bits per heavy atom. The van der Waals surface area contributed by atoms with Crippen molar-refractivity contribution in [1.29, 1.82) is 0 Å². The largest absolute Gasteiger partial charge is 0.480 e. The molecule has 1 aromatic carbocycles. The van der Waals surface area contributed by atoms with E-state index in [2.05, 4.69) is 0 Å². The van der Waals surface area contributed by atoms with Gasteiger partial charge in [0.2, 0.25) is 0 Å². The summed E-state index contributed by atoms with van der Waals surface area (Å²) in [5.41, 5.74) is 3.89. The summed E-state index contributed by atoms with van der Waals surface area (Å²) in [4.78, 5) is 10.4. The van der Waals surface area contributed by atoms with Crippen molar-refractivity contribution in [2.75, 3.05) is 0 Å². The normalized spacial score (nSPS) is 15.4. The molecule has 0 aliphatic heterocycles. The molecule has 3 nitrogen and oxygen atoms in total. The Kier molecular flexibility index (Phi) is 3.72. The van der Waals surface area contributed by atoms with E-state index in [1.54, 1.807) is 0 Å². The lowest BCUT2D eigenvalue weighted by Crippen LogP contribution is -2.34. The second kappa shape index (κ2) is 4.70. The summed E-state index contributed by atoms with van der Waals surface area (Å²) in [7, 11) is 0. The van der Waals surface area contributed by atoms with Crippen molar-refractivity contribution in [2.24, 2.45) is 5.73 Å². The van der Waals surface area contributed by atoms with Gasteiger partial charge in [0, 0.05) is 0 Å². The number of hydrogen-bond donors (Lipinski definition) is 2. The first-order valence-corrected chi connectivity index (χ1v) is 4.53. The molecule has 2 atom stereocenters. The van der Waals surface area contributed by atoms with Crippen molar-refractivity contribution in [3.05, 3.63) is 35.4 Å². The van der Waals surface area contributed by atoms with Crippen LogP contribution in [0, 0.1) is 0 Å². The fourth-order valence-electron chi connectivity index (χ4n) is 1.19. The first-order valence-electron chi connectivity index (χ1n) is 4.53. The van der Waals surface area contributed by atoms with Gasteiger partial charge in [0.05, 0.1) is 5.56 Å². The molecule has 0 aliphatic carbocycles. The number of halogens is 4. The molecule has 0 bridgehead atoms. The predicted molar refractivity (Wildman–Crippen MR) is 50.9 cm³/mol. The molecule has 3 N–H and O–H groups in total. The Balaban J connectivity index is 2.92. The Morgan fingerprint density at radius 2 is 1.71 bits per heavy atom. The van der Waals surface area contributed by atoms with Crippen LogP contribution < -0.4 is 5.73 Å². The average Bonchev–Trinajstić information content (AvgIpc) is 2.26. The molecule has 0 radical (unpaired) electrons. The van der Waals surface area contributed by atoms with Gasteiger partial charge in [-0.1, -0.05) is 12.1 Å². The van der Waals surface area contributed by atoms with Crippen LogP contribution in [-0.4, -0.2) is 17.1 Å². The molecular formula is C10H9F4NO2. The molecule has 0 heterocycles. The van der Waals surface area contributed by atoms with Gasteiger partial charge in [0.1, 0.15) is 6.04 Å². The molecule has 17 heavy (non-hydrogen) atoms. The Morgan fingerprint density at radius 1 is 1.24 bits per heavy atom. The van der Waals surface area contributed by atoms with Gasteiger partial charge in [-0.05, 0) is 17.7 Å². The molecule has 0 saturated heterocycles. The third-order valence-corrected chi connectivity index (χ3v) is 2.16. The lowest BCUT2D eigenvalue weighted by atomic mass is 10.0. The highest BCUT2D eigenvalue weighted by molar-refractivity contribution is 5.74. The van der Waals surface area contributed by atoms with E-state index < -0.39 is 29.9 Å². The van der Waals surface area contributed by atoms with Gasteiger partial charge >= 0.3 is 12.1 Å². The third-order valence-electron chi connectivity index (χ3n) is 2.16. The monoisotopic (exact) mass is 251 g/mol. The van der Waals surface area contributed by atoms with Crippen LogP contribution in [0.3, 0.4) is 0 Å². The zero-order chi connectivity index (χ0) is 13.2. The molecule has 1 aromatic rings. The van der Waals surface area contributed by atoms with E-state index in [1.807, 2.05) is 0 Å². The molecule has 0 amide bonds. The van der Waals surface area contributed by atoms with E-state index in [4.69, 9.17) is 10.8 Å². The van der Waals surface area contributed by atoms with E-state index in [0.29, 0.717) is 12.1 Å². The van der Waals surface area contributed by atoms with E-state index in [0.717, 1.165) is 12.1 Å². The molecule has 0 aromatic heterocycles.